The predicted octanol–water partition coefficient (Wildman–Crippen LogP) is 2.91. The van der Waals surface area contributed by atoms with Crippen LogP contribution in [0.4, 0.5) is 0 Å². The molecule has 0 spiro atoms. The molecule has 0 unspecified atom stereocenters. The highest BCUT2D eigenvalue weighted by atomic mass is 16.5. The zero-order valence-corrected chi connectivity index (χ0v) is 13.5. The van der Waals surface area contributed by atoms with Crippen LogP contribution in [0.2, 0.25) is 0 Å². The molecule has 2 aromatic rings. The number of amides is 1. The predicted molar refractivity (Wildman–Crippen MR) is 81.5 cm³/mol. The highest BCUT2D eigenvalue weighted by Crippen LogP contribution is 2.32. The van der Waals surface area contributed by atoms with Gasteiger partial charge in [-0.2, -0.15) is 5.10 Å². The van der Waals surface area contributed by atoms with E-state index in [2.05, 4.69) is 31.0 Å². The molecular formula is C16H22N4O2. The van der Waals surface area contributed by atoms with Gasteiger partial charge < -0.3 is 9.42 Å². The summed E-state index contributed by atoms with van der Waals surface area (Å²) >= 11 is 0. The van der Waals surface area contributed by atoms with Crippen LogP contribution in [-0.2, 0) is 5.54 Å². The molecule has 2 aromatic heterocycles. The number of carbonyl (C=O) groups is 1. The molecule has 1 fully saturated rings. The summed E-state index contributed by atoms with van der Waals surface area (Å²) in [5.41, 5.74) is 1.33. The van der Waals surface area contributed by atoms with Gasteiger partial charge in [0.05, 0.1) is 23.3 Å². The fraction of sp³-hybridized carbons (Fsp3) is 0.562. The van der Waals surface area contributed by atoms with Gasteiger partial charge in [0.1, 0.15) is 11.5 Å². The Kier molecular flexibility index (Phi) is 3.54. The third-order valence-corrected chi connectivity index (χ3v) is 4.02. The minimum Gasteiger partial charge on any atom is -0.361 e. The maximum absolute atomic E-state index is 12.8. The van der Waals surface area contributed by atoms with Gasteiger partial charge in [0.25, 0.3) is 5.91 Å². The SMILES string of the molecule is Cc1cc([C@H]2CCCN2C(=O)c2cnn(C(C)(C)C)c2)no1. The lowest BCUT2D eigenvalue weighted by atomic mass is 10.1. The minimum absolute atomic E-state index is 0.00272. The van der Waals surface area contributed by atoms with E-state index in [9.17, 15) is 4.79 Å². The van der Waals surface area contributed by atoms with E-state index in [1.54, 1.807) is 6.20 Å². The molecule has 0 N–H and O–H groups in total. The van der Waals surface area contributed by atoms with Crippen LogP contribution in [-0.4, -0.2) is 32.3 Å². The molecule has 0 saturated carbocycles. The first-order valence-corrected chi connectivity index (χ1v) is 7.65. The number of hydrogen-bond donors (Lipinski definition) is 0. The molecule has 1 saturated heterocycles. The largest absolute Gasteiger partial charge is 0.361 e. The molecule has 0 aliphatic carbocycles. The van der Waals surface area contributed by atoms with Gasteiger partial charge in [-0.1, -0.05) is 5.16 Å². The Morgan fingerprint density at radius 3 is 2.77 bits per heavy atom. The summed E-state index contributed by atoms with van der Waals surface area (Å²) in [4.78, 5) is 14.7. The number of rotatable bonds is 2. The number of likely N-dealkylation sites (tertiary alicyclic amines) is 1. The van der Waals surface area contributed by atoms with E-state index in [-0.39, 0.29) is 17.5 Å². The normalized spacial score (nSPS) is 18.9. The number of carbonyl (C=O) groups excluding carboxylic acids is 1. The summed E-state index contributed by atoms with van der Waals surface area (Å²) in [6.45, 7) is 8.79. The van der Waals surface area contributed by atoms with Crippen LogP contribution in [0.1, 0.15) is 61.5 Å². The molecule has 1 amide bonds. The van der Waals surface area contributed by atoms with E-state index >= 15 is 0 Å². The highest BCUT2D eigenvalue weighted by molar-refractivity contribution is 5.94. The molecule has 118 valence electrons. The summed E-state index contributed by atoms with van der Waals surface area (Å²) in [6.07, 6.45) is 5.38. The average Bonchev–Trinajstić information content (AvgIpc) is 3.16. The molecule has 1 aliphatic rings. The molecule has 3 rings (SSSR count). The molecular weight excluding hydrogens is 280 g/mol. The molecule has 1 aliphatic heterocycles. The van der Waals surface area contributed by atoms with Crippen LogP contribution in [0.5, 0.6) is 0 Å². The Morgan fingerprint density at radius 2 is 2.18 bits per heavy atom. The number of aromatic nitrogens is 3. The first-order chi connectivity index (χ1) is 10.4. The molecule has 0 radical (unpaired) electrons. The standard InChI is InChI=1S/C16H22N4O2/c1-11-8-13(18-22-11)14-6-5-7-19(14)15(21)12-9-17-20(10-12)16(2,3)4/h8-10,14H,5-7H2,1-4H3/t14-/m1/s1. The van der Waals surface area contributed by atoms with E-state index in [0.717, 1.165) is 30.8 Å². The van der Waals surface area contributed by atoms with Crippen LogP contribution in [0, 0.1) is 6.92 Å². The second kappa shape index (κ2) is 5.26. The van der Waals surface area contributed by atoms with E-state index in [1.165, 1.54) is 0 Å². The van der Waals surface area contributed by atoms with Gasteiger partial charge >= 0.3 is 0 Å². The highest BCUT2D eigenvalue weighted by Gasteiger charge is 2.33. The molecule has 0 aromatic carbocycles. The van der Waals surface area contributed by atoms with Crippen molar-refractivity contribution in [3.63, 3.8) is 0 Å². The average molecular weight is 302 g/mol. The molecule has 22 heavy (non-hydrogen) atoms. The molecule has 6 heteroatoms. The number of aryl methyl sites for hydroxylation is 1. The van der Waals surface area contributed by atoms with Crippen molar-refractivity contribution >= 4 is 5.91 Å². The van der Waals surface area contributed by atoms with E-state index in [1.807, 2.05) is 28.8 Å². The van der Waals surface area contributed by atoms with Crippen LogP contribution >= 0.6 is 0 Å². The third-order valence-electron chi connectivity index (χ3n) is 4.02. The van der Waals surface area contributed by atoms with E-state index in [0.29, 0.717) is 5.56 Å². The summed E-state index contributed by atoms with van der Waals surface area (Å²) in [5, 5.41) is 8.40. The third kappa shape index (κ3) is 2.65. The van der Waals surface area contributed by atoms with Gasteiger partial charge in [-0.15, -0.1) is 0 Å². The van der Waals surface area contributed by atoms with E-state index in [4.69, 9.17) is 4.52 Å². The number of nitrogens with zero attached hydrogens (tertiary/aromatic N) is 4. The summed E-state index contributed by atoms with van der Waals surface area (Å²) in [6, 6.07) is 1.91. The van der Waals surface area contributed by atoms with E-state index < -0.39 is 0 Å². The van der Waals surface area contributed by atoms with Crippen molar-refractivity contribution in [2.24, 2.45) is 0 Å². The first-order valence-electron chi connectivity index (χ1n) is 7.65. The van der Waals surface area contributed by atoms with Crippen LogP contribution in [0.25, 0.3) is 0 Å². The Bertz CT molecular complexity index is 680. The minimum atomic E-state index is -0.133. The van der Waals surface area contributed by atoms with Crippen molar-refractivity contribution in [1.29, 1.82) is 0 Å². The molecule has 3 heterocycles. The second-order valence-corrected chi connectivity index (χ2v) is 6.86. The van der Waals surface area contributed by atoms with Gasteiger partial charge in [-0.25, -0.2) is 0 Å². The second-order valence-electron chi connectivity index (χ2n) is 6.86. The Balaban J connectivity index is 1.83. The first kappa shape index (κ1) is 14.8. The van der Waals surface area contributed by atoms with Crippen molar-refractivity contribution < 1.29 is 9.32 Å². The van der Waals surface area contributed by atoms with Gasteiger partial charge in [0, 0.05) is 18.8 Å². The lowest BCUT2D eigenvalue weighted by molar-refractivity contribution is 0.0730. The lowest BCUT2D eigenvalue weighted by Gasteiger charge is -2.22. The fourth-order valence-corrected chi connectivity index (χ4v) is 2.83. The van der Waals surface area contributed by atoms with Crippen molar-refractivity contribution in [1.82, 2.24) is 19.8 Å². The van der Waals surface area contributed by atoms with Crippen molar-refractivity contribution in [3.05, 3.63) is 35.5 Å². The zero-order chi connectivity index (χ0) is 15.9. The van der Waals surface area contributed by atoms with Crippen LogP contribution in [0.15, 0.2) is 23.0 Å². The smallest absolute Gasteiger partial charge is 0.257 e. The van der Waals surface area contributed by atoms with Gasteiger partial charge in [0.2, 0.25) is 0 Å². The molecule has 1 atom stereocenters. The Morgan fingerprint density at radius 1 is 1.41 bits per heavy atom. The fourth-order valence-electron chi connectivity index (χ4n) is 2.83. The summed E-state index contributed by atoms with van der Waals surface area (Å²) < 4.78 is 6.98. The topological polar surface area (TPSA) is 64.2 Å². The van der Waals surface area contributed by atoms with Crippen molar-refractivity contribution in [2.75, 3.05) is 6.54 Å². The molecule has 6 nitrogen and oxygen atoms in total. The van der Waals surface area contributed by atoms with Gasteiger partial charge in [0.15, 0.2) is 0 Å². The van der Waals surface area contributed by atoms with Crippen LogP contribution in [0.3, 0.4) is 0 Å². The monoisotopic (exact) mass is 302 g/mol. The molecule has 0 bridgehead atoms. The summed E-state index contributed by atoms with van der Waals surface area (Å²) in [7, 11) is 0. The maximum Gasteiger partial charge on any atom is 0.257 e. The van der Waals surface area contributed by atoms with Gasteiger partial charge in [-0.3, -0.25) is 9.48 Å². The zero-order valence-electron chi connectivity index (χ0n) is 13.5. The number of hydrogen-bond acceptors (Lipinski definition) is 4. The van der Waals surface area contributed by atoms with Crippen molar-refractivity contribution in [2.45, 2.75) is 52.1 Å². The Labute approximate surface area is 130 Å². The maximum atomic E-state index is 12.8. The Hall–Kier alpha value is -2.11. The van der Waals surface area contributed by atoms with Crippen molar-refractivity contribution in [3.8, 4) is 0 Å². The lowest BCUT2D eigenvalue weighted by Crippen LogP contribution is -2.30. The summed E-state index contributed by atoms with van der Waals surface area (Å²) in [5.74, 6) is 0.786. The van der Waals surface area contributed by atoms with Gasteiger partial charge in [-0.05, 0) is 40.5 Å². The van der Waals surface area contributed by atoms with Crippen LogP contribution < -0.4 is 0 Å². The quantitative estimate of drug-likeness (QED) is 0.855.